The van der Waals surface area contributed by atoms with E-state index in [1.165, 1.54) is 24.2 Å². The average molecular weight is 337 g/mol. The van der Waals surface area contributed by atoms with E-state index in [4.69, 9.17) is 0 Å². The van der Waals surface area contributed by atoms with Gasteiger partial charge in [0.2, 0.25) is 0 Å². The number of hydrogen-bond acceptors (Lipinski definition) is 5. The van der Waals surface area contributed by atoms with Crippen LogP contribution >= 0.6 is 0 Å². The third kappa shape index (κ3) is 3.65. The zero-order valence-corrected chi connectivity index (χ0v) is 14.3. The van der Waals surface area contributed by atoms with E-state index in [1.807, 2.05) is 6.07 Å². The Hall–Kier alpha value is -1.63. The van der Waals surface area contributed by atoms with Crippen molar-refractivity contribution in [2.24, 2.45) is 0 Å². The van der Waals surface area contributed by atoms with Crippen molar-refractivity contribution in [3.8, 4) is 0 Å². The van der Waals surface area contributed by atoms with Gasteiger partial charge in [0.25, 0.3) is 5.91 Å². The molecule has 7 heteroatoms. The first-order valence-corrected chi connectivity index (χ1v) is 9.97. The molecule has 6 nitrogen and oxygen atoms in total. The normalized spacial score (nSPS) is 23.7. The Labute approximate surface area is 137 Å². The number of sulfone groups is 1. The van der Waals surface area contributed by atoms with Crippen LogP contribution in [0.4, 0.5) is 5.69 Å². The number of amides is 1. The Bertz CT molecular complexity index is 666. The summed E-state index contributed by atoms with van der Waals surface area (Å²) in [5, 5.41) is 0. The molecule has 0 saturated carbocycles. The van der Waals surface area contributed by atoms with Crippen molar-refractivity contribution in [1.82, 2.24) is 9.88 Å². The fourth-order valence-corrected chi connectivity index (χ4v) is 5.05. The van der Waals surface area contributed by atoms with E-state index in [-0.39, 0.29) is 23.5 Å². The highest BCUT2D eigenvalue weighted by molar-refractivity contribution is 7.91. The SMILES string of the molecule is CN(C(=O)c1ccc(N2CCCCC2)cn1)C1CCS(=O)(=O)C1. The second-order valence-electron chi connectivity index (χ2n) is 6.42. The molecule has 2 aliphatic heterocycles. The Morgan fingerprint density at radius 1 is 1.26 bits per heavy atom. The second kappa shape index (κ2) is 6.47. The first-order chi connectivity index (χ1) is 11.0. The molecule has 23 heavy (non-hydrogen) atoms. The molecular formula is C16H23N3O3S. The van der Waals surface area contributed by atoms with Gasteiger partial charge in [0.1, 0.15) is 5.69 Å². The van der Waals surface area contributed by atoms with E-state index in [9.17, 15) is 13.2 Å². The van der Waals surface area contributed by atoms with Crippen LogP contribution in [0.2, 0.25) is 0 Å². The predicted molar refractivity (Wildman–Crippen MR) is 89.5 cm³/mol. The van der Waals surface area contributed by atoms with Crippen LogP contribution in [-0.4, -0.2) is 61.9 Å². The number of pyridine rings is 1. The predicted octanol–water partition coefficient (Wildman–Crippen LogP) is 1.33. The van der Waals surface area contributed by atoms with Gasteiger partial charge in [-0.05, 0) is 37.8 Å². The number of rotatable bonds is 3. The van der Waals surface area contributed by atoms with Gasteiger partial charge in [-0.25, -0.2) is 13.4 Å². The first-order valence-electron chi connectivity index (χ1n) is 8.15. The molecule has 1 aromatic heterocycles. The summed E-state index contributed by atoms with van der Waals surface area (Å²) in [5.74, 6) is 0.00912. The maximum Gasteiger partial charge on any atom is 0.272 e. The van der Waals surface area contributed by atoms with Crippen LogP contribution in [0.15, 0.2) is 18.3 Å². The van der Waals surface area contributed by atoms with Gasteiger partial charge in [-0.1, -0.05) is 0 Å². The topological polar surface area (TPSA) is 70.6 Å². The van der Waals surface area contributed by atoms with Gasteiger partial charge < -0.3 is 9.80 Å². The summed E-state index contributed by atoms with van der Waals surface area (Å²) in [5.41, 5.74) is 1.42. The number of carbonyl (C=O) groups excluding carboxylic acids is 1. The van der Waals surface area contributed by atoms with Gasteiger partial charge in [-0.3, -0.25) is 4.79 Å². The average Bonchev–Trinajstić information content (AvgIpc) is 2.94. The zero-order chi connectivity index (χ0) is 16.4. The number of carbonyl (C=O) groups is 1. The van der Waals surface area contributed by atoms with Crippen molar-refractivity contribution >= 4 is 21.4 Å². The summed E-state index contributed by atoms with van der Waals surface area (Å²) in [4.78, 5) is 20.6. The lowest BCUT2D eigenvalue weighted by atomic mass is 10.1. The van der Waals surface area contributed by atoms with E-state index < -0.39 is 9.84 Å². The second-order valence-corrected chi connectivity index (χ2v) is 8.65. The number of anilines is 1. The van der Waals surface area contributed by atoms with Crippen LogP contribution in [0, 0.1) is 0 Å². The molecule has 0 aromatic carbocycles. The third-order valence-corrected chi connectivity index (χ3v) is 6.52. The molecule has 0 radical (unpaired) electrons. The van der Waals surface area contributed by atoms with Crippen LogP contribution < -0.4 is 4.90 Å². The zero-order valence-electron chi connectivity index (χ0n) is 13.4. The monoisotopic (exact) mass is 337 g/mol. The molecule has 2 fully saturated rings. The molecule has 0 N–H and O–H groups in total. The number of piperidine rings is 1. The smallest absolute Gasteiger partial charge is 0.272 e. The Balaban J connectivity index is 1.67. The van der Waals surface area contributed by atoms with E-state index in [1.54, 1.807) is 19.3 Å². The van der Waals surface area contributed by atoms with Gasteiger partial charge in [-0.15, -0.1) is 0 Å². The van der Waals surface area contributed by atoms with Gasteiger partial charge in [0, 0.05) is 26.2 Å². The van der Waals surface area contributed by atoms with Gasteiger partial charge in [-0.2, -0.15) is 0 Å². The van der Waals surface area contributed by atoms with Crippen molar-refractivity contribution in [2.75, 3.05) is 36.5 Å². The molecule has 1 unspecified atom stereocenters. The molecule has 0 spiro atoms. The maximum atomic E-state index is 12.5. The lowest BCUT2D eigenvalue weighted by molar-refractivity contribution is 0.0742. The minimum atomic E-state index is -3.00. The van der Waals surface area contributed by atoms with Gasteiger partial charge >= 0.3 is 0 Å². The minimum Gasteiger partial charge on any atom is -0.370 e. The Morgan fingerprint density at radius 2 is 2.00 bits per heavy atom. The summed E-state index contributed by atoms with van der Waals surface area (Å²) < 4.78 is 23.1. The summed E-state index contributed by atoms with van der Waals surface area (Å²) in [6.45, 7) is 2.07. The van der Waals surface area contributed by atoms with Crippen molar-refractivity contribution < 1.29 is 13.2 Å². The largest absolute Gasteiger partial charge is 0.370 e. The maximum absolute atomic E-state index is 12.5. The quantitative estimate of drug-likeness (QED) is 0.832. The molecule has 2 aliphatic rings. The molecule has 0 aliphatic carbocycles. The van der Waals surface area contributed by atoms with Gasteiger partial charge in [0.05, 0.1) is 23.4 Å². The highest BCUT2D eigenvalue weighted by Crippen LogP contribution is 2.21. The molecular weight excluding hydrogens is 314 g/mol. The van der Waals surface area contributed by atoms with Crippen molar-refractivity contribution in [2.45, 2.75) is 31.7 Å². The van der Waals surface area contributed by atoms with E-state index in [2.05, 4.69) is 9.88 Å². The van der Waals surface area contributed by atoms with Crippen LogP contribution in [0.3, 0.4) is 0 Å². The highest BCUT2D eigenvalue weighted by atomic mass is 32.2. The number of nitrogens with zero attached hydrogens (tertiary/aromatic N) is 3. The van der Waals surface area contributed by atoms with Crippen molar-refractivity contribution in [3.63, 3.8) is 0 Å². The van der Waals surface area contributed by atoms with E-state index in [0.29, 0.717) is 12.1 Å². The van der Waals surface area contributed by atoms with E-state index >= 15 is 0 Å². The number of hydrogen-bond donors (Lipinski definition) is 0. The molecule has 2 saturated heterocycles. The summed E-state index contributed by atoms with van der Waals surface area (Å²) in [6.07, 6.45) is 5.92. The van der Waals surface area contributed by atoms with Crippen LogP contribution in [-0.2, 0) is 9.84 Å². The lowest BCUT2D eigenvalue weighted by Crippen LogP contribution is -2.38. The lowest BCUT2D eigenvalue weighted by Gasteiger charge is -2.28. The van der Waals surface area contributed by atoms with Crippen molar-refractivity contribution in [1.29, 1.82) is 0 Å². The van der Waals surface area contributed by atoms with Gasteiger partial charge in [0.15, 0.2) is 9.84 Å². The molecule has 0 bridgehead atoms. The van der Waals surface area contributed by atoms with Crippen LogP contribution in [0.25, 0.3) is 0 Å². The third-order valence-electron chi connectivity index (χ3n) is 4.76. The standard InChI is InChI=1S/C16H23N3O3S/c1-18(14-7-10-23(21,22)12-14)16(20)15-6-5-13(11-17-15)19-8-3-2-4-9-19/h5-6,11,14H,2-4,7-10,12H2,1H3. The molecule has 126 valence electrons. The minimum absolute atomic E-state index is 0.0566. The molecule has 1 aromatic rings. The molecule has 3 heterocycles. The summed E-state index contributed by atoms with van der Waals surface area (Å²) >= 11 is 0. The number of aromatic nitrogens is 1. The molecule has 1 amide bonds. The molecule has 1 atom stereocenters. The van der Waals surface area contributed by atoms with E-state index in [0.717, 1.165) is 18.8 Å². The van der Waals surface area contributed by atoms with Crippen LogP contribution in [0.5, 0.6) is 0 Å². The fourth-order valence-electron chi connectivity index (χ4n) is 3.28. The first kappa shape index (κ1) is 16.2. The molecule has 3 rings (SSSR count). The fraction of sp³-hybridized carbons (Fsp3) is 0.625. The van der Waals surface area contributed by atoms with Crippen molar-refractivity contribution in [3.05, 3.63) is 24.0 Å². The summed E-state index contributed by atoms with van der Waals surface area (Å²) in [7, 11) is -1.34. The Morgan fingerprint density at radius 3 is 2.57 bits per heavy atom. The van der Waals surface area contributed by atoms with Crippen LogP contribution in [0.1, 0.15) is 36.2 Å². The summed E-state index contributed by atoms with van der Waals surface area (Å²) in [6, 6.07) is 3.44. The Kier molecular flexibility index (Phi) is 4.57. The highest BCUT2D eigenvalue weighted by Gasteiger charge is 2.33.